The Balaban J connectivity index is 1.21. The van der Waals surface area contributed by atoms with E-state index < -0.39 is 0 Å². The lowest BCUT2D eigenvalue weighted by atomic mass is 9.57. The van der Waals surface area contributed by atoms with Crippen LogP contribution in [-0.2, 0) is 0 Å². The summed E-state index contributed by atoms with van der Waals surface area (Å²) in [6.45, 7) is 46.7. The van der Waals surface area contributed by atoms with Gasteiger partial charge in [0.15, 0.2) is 0 Å². The summed E-state index contributed by atoms with van der Waals surface area (Å²) in [6.07, 6.45) is 3.60. The van der Waals surface area contributed by atoms with Crippen LogP contribution < -0.4 is 0 Å². The van der Waals surface area contributed by atoms with E-state index in [1.54, 1.807) is 27.9 Å². The summed E-state index contributed by atoms with van der Waals surface area (Å²) in [7, 11) is 0. The summed E-state index contributed by atoms with van der Waals surface area (Å²) in [5, 5.41) is 0. The van der Waals surface area contributed by atoms with Crippen molar-refractivity contribution in [3.63, 3.8) is 0 Å². The van der Waals surface area contributed by atoms with Crippen molar-refractivity contribution in [2.75, 3.05) is 0 Å². The van der Waals surface area contributed by atoms with Gasteiger partial charge >= 0.3 is 0 Å². The number of hydrogen-bond acceptors (Lipinski definition) is 1. The van der Waals surface area contributed by atoms with Gasteiger partial charge in [-0.15, -0.1) is 0 Å². The molecule has 10 rings (SSSR count). The molecule has 6 aliphatic carbocycles. The van der Waals surface area contributed by atoms with Crippen molar-refractivity contribution >= 4 is 22.3 Å². The van der Waals surface area contributed by atoms with Crippen molar-refractivity contribution in [2.45, 2.75) is 174 Å². The van der Waals surface area contributed by atoms with Crippen molar-refractivity contribution in [1.82, 2.24) is 0 Å². The van der Waals surface area contributed by atoms with E-state index >= 15 is 0 Å². The second-order valence-electron chi connectivity index (χ2n) is 24.1. The van der Waals surface area contributed by atoms with E-state index in [4.69, 9.17) is 4.42 Å². The Morgan fingerprint density at radius 3 is 1.41 bits per heavy atom. The molecule has 0 spiro atoms. The minimum Gasteiger partial charge on any atom is -0.460 e. The van der Waals surface area contributed by atoms with Crippen LogP contribution in [-0.4, -0.2) is 0 Å². The molecule has 4 aromatic rings. The first-order valence-electron chi connectivity index (χ1n) is 27.4. The van der Waals surface area contributed by atoms with Gasteiger partial charge in [-0.2, -0.15) is 0 Å². The van der Waals surface area contributed by atoms with Gasteiger partial charge in [0.05, 0.1) is 0 Å². The van der Waals surface area contributed by atoms with Crippen LogP contribution in [0.3, 0.4) is 0 Å². The zero-order chi connectivity index (χ0) is 50.3. The van der Waals surface area contributed by atoms with Gasteiger partial charge in [0.25, 0.3) is 0 Å². The largest absolute Gasteiger partial charge is 0.460 e. The molecule has 1 heteroatoms. The fourth-order valence-electron chi connectivity index (χ4n) is 16.4. The van der Waals surface area contributed by atoms with Crippen molar-refractivity contribution in [3.05, 3.63) is 184 Å². The molecule has 1 saturated carbocycles. The van der Waals surface area contributed by atoms with E-state index in [-0.39, 0.29) is 11.8 Å². The Bertz CT molecular complexity index is 3010. The van der Waals surface area contributed by atoms with Crippen LogP contribution in [0.25, 0.3) is 22.3 Å². The SMILES string of the molecule is CC1=C(c2c(C)c(C)c(C3=C(C)c4c(oc5c4C(C4CC(c6ccccc6)CC(c6ccccc6)C4)C(C)C(C)=C5C)C4C(C)=C(C)C(C)=C(C)C34)c(C)c2C)C(C)C2C(C)=C(C)C(C)C(C)C2=C1C. The normalized spacial score (nSPS) is 30.4. The molecule has 0 N–H and O–H groups in total. The Morgan fingerprint density at radius 2 is 0.886 bits per heavy atom. The van der Waals surface area contributed by atoms with Gasteiger partial charge in [-0.25, -0.2) is 0 Å². The monoisotopic (exact) mass is 929 g/mol. The summed E-state index contributed by atoms with van der Waals surface area (Å²) >= 11 is 0. The maximum Gasteiger partial charge on any atom is 0.134 e. The molecule has 1 nitrogen and oxygen atoms in total. The molecule has 1 aromatic heterocycles. The predicted octanol–water partition coefficient (Wildman–Crippen LogP) is 19.7. The first kappa shape index (κ1) is 48.7. The van der Waals surface area contributed by atoms with Gasteiger partial charge < -0.3 is 4.42 Å². The number of hydrogen-bond donors (Lipinski definition) is 0. The van der Waals surface area contributed by atoms with Crippen molar-refractivity contribution in [1.29, 1.82) is 0 Å². The summed E-state index contributed by atoms with van der Waals surface area (Å²) in [6, 6.07) is 23.0. The highest BCUT2D eigenvalue weighted by Crippen LogP contribution is 2.64. The smallest absolute Gasteiger partial charge is 0.134 e. The molecule has 10 unspecified atom stereocenters. The Kier molecular flexibility index (Phi) is 12.3. The highest BCUT2D eigenvalue weighted by Gasteiger charge is 2.50. The number of furan rings is 1. The number of rotatable bonds is 5. The summed E-state index contributed by atoms with van der Waals surface area (Å²) < 4.78 is 7.68. The molecule has 10 atom stereocenters. The Morgan fingerprint density at radius 1 is 0.386 bits per heavy atom. The molecule has 0 aliphatic heterocycles. The highest BCUT2D eigenvalue weighted by molar-refractivity contribution is 6.00. The van der Waals surface area contributed by atoms with Crippen molar-refractivity contribution < 1.29 is 4.42 Å². The molecule has 6 aliphatic rings. The number of allylic oxidation sites excluding steroid dienone is 14. The maximum atomic E-state index is 7.68. The third kappa shape index (κ3) is 6.96. The van der Waals surface area contributed by atoms with Crippen LogP contribution in [0.15, 0.2) is 121 Å². The van der Waals surface area contributed by atoms with Gasteiger partial charge in [-0.3, -0.25) is 0 Å². The molecule has 70 heavy (non-hydrogen) atoms. The predicted molar refractivity (Wildman–Crippen MR) is 300 cm³/mol. The summed E-state index contributed by atoms with van der Waals surface area (Å²) in [4.78, 5) is 0. The van der Waals surface area contributed by atoms with Gasteiger partial charge in [-0.1, -0.05) is 122 Å². The second kappa shape index (κ2) is 17.7. The molecule has 0 bridgehead atoms. The van der Waals surface area contributed by atoms with Crippen LogP contribution in [0, 0.1) is 69.1 Å². The topological polar surface area (TPSA) is 13.1 Å². The van der Waals surface area contributed by atoms with Crippen LogP contribution in [0.1, 0.15) is 214 Å². The van der Waals surface area contributed by atoms with Gasteiger partial charge in [0.2, 0.25) is 0 Å². The van der Waals surface area contributed by atoms with Gasteiger partial charge in [0, 0.05) is 28.9 Å². The lowest BCUT2D eigenvalue weighted by Gasteiger charge is -2.46. The second-order valence-corrected chi connectivity index (χ2v) is 24.1. The van der Waals surface area contributed by atoms with Crippen molar-refractivity contribution in [2.24, 2.45) is 41.4 Å². The van der Waals surface area contributed by atoms with Crippen LogP contribution >= 0.6 is 0 Å². The van der Waals surface area contributed by atoms with Gasteiger partial charge in [0.1, 0.15) is 11.5 Å². The fraction of sp³-hybridized carbons (Fsp3) is 0.478. The molecule has 1 heterocycles. The molecule has 0 saturated heterocycles. The van der Waals surface area contributed by atoms with E-state index in [1.165, 1.54) is 137 Å². The minimum atomic E-state index is 0.148. The van der Waals surface area contributed by atoms with Crippen LogP contribution in [0.5, 0.6) is 0 Å². The summed E-state index contributed by atoms with van der Waals surface area (Å²) in [5.41, 5.74) is 36.0. The molecule has 3 aromatic carbocycles. The summed E-state index contributed by atoms with van der Waals surface area (Å²) in [5.74, 6) is 7.05. The quantitative estimate of drug-likeness (QED) is 0.182. The van der Waals surface area contributed by atoms with E-state index in [1.807, 2.05) is 0 Å². The molecular formula is C69H84O. The molecular weight excluding hydrogens is 845 g/mol. The molecule has 366 valence electrons. The van der Waals surface area contributed by atoms with Gasteiger partial charge in [-0.05, 0) is 260 Å². The number of fused-ring (bicyclic) bond motifs is 6. The van der Waals surface area contributed by atoms with E-state index in [9.17, 15) is 0 Å². The maximum absolute atomic E-state index is 7.68. The first-order chi connectivity index (χ1) is 33.2. The van der Waals surface area contributed by atoms with Crippen LogP contribution in [0.2, 0.25) is 0 Å². The van der Waals surface area contributed by atoms with Crippen molar-refractivity contribution in [3.8, 4) is 0 Å². The zero-order valence-corrected chi connectivity index (χ0v) is 46.7. The average Bonchev–Trinajstić information content (AvgIpc) is 3.76. The third-order valence-corrected chi connectivity index (χ3v) is 21.5. The molecule has 0 radical (unpaired) electrons. The van der Waals surface area contributed by atoms with Crippen LogP contribution in [0.4, 0.5) is 0 Å². The standard InChI is InChI=1S/C69H84O/c1-33-34(2)39(7)60-50(18)61(48(16)45(13)57(60)38(33)6)58-43(11)46(14)59(47(15)44(58)12)64-51(19)66-67-62(56-31-54(52-26-22-20-23-27-52)30-55(32-56)53-28-24-21-25-29-53)40(8)37(5)49(17)68(67)70-69(66)65-42(10)36(4)35(3)41(9)63(64)65/h20-29,33,38,40,50,54-56,60,62-63,65H,30-32H2,1-19H3. The Hall–Kier alpha value is -4.88. The van der Waals surface area contributed by atoms with E-state index in [0.717, 1.165) is 0 Å². The van der Waals surface area contributed by atoms with E-state index in [0.29, 0.717) is 53.3 Å². The number of benzene rings is 3. The lowest BCUT2D eigenvalue weighted by Crippen LogP contribution is -2.34. The minimum absolute atomic E-state index is 0.148. The first-order valence-corrected chi connectivity index (χ1v) is 27.4. The average molecular weight is 929 g/mol. The van der Waals surface area contributed by atoms with E-state index in [2.05, 4.69) is 192 Å². The fourth-order valence-corrected chi connectivity index (χ4v) is 16.4. The Labute approximate surface area is 424 Å². The lowest BCUT2D eigenvalue weighted by molar-refractivity contribution is 0.221. The third-order valence-electron chi connectivity index (χ3n) is 21.5. The highest BCUT2D eigenvalue weighted by atomic mass is 16.3. The zero-order valence-electron chi connectivity index (χ0n) is 46.7. The molecule has 0 amide bonds. The molecule has 1 fully saturated rings.